The number of hydrogen-bond acceptors (Lipinski definition) is 7. The number of esters is 1. The number of alkyl halides is 2. The predicted octanol–water partition coefficient (Wildman–Crippen LogP) is 4.75. The second-order valence-corrected chi connectivity index (χ2v) is 12.2. The molecule has 0 saturated heterocycles. The molecule has 0 spiro atoms. The molecule has 2 unspecified atom stereocenters. The summed E-state index contributed by atoms with van der Waals surface area (Å²) in [6.07, 6.45) is 1.44. The maximum absolute atomic E-state index is 13.0. The maximum Gasteiger partial charge on any atom is 0.410 e. The van der Waals surface area contributed by atoms with E-state index in [0.29, 0.717) is 24.2 Å². The Kier molecular flexibility index (Phi) is 6.89. The van der Waals surface area contributed by atoms with Gasteiger partial charge in [-0.25, -0.2) is 9.59 Å². The summed E-state index contributed by atoms with van der Waals surface area (Å²) in [5, 5.41) is 14.0. The van der Waals surface area contributed by atoms with Gasteiger partial charge in [-0.1, -0.05) is 44.0 Å². The van der Waals surface area contributed by atoms with Crippen molar-refractivity contribution < 1.29 is 33.7 Å². The molecule has 2 aromatic rings. The molecule has 0 radical (unpaired) electrons. The number of aliphatic carboxylic acids is 1. The predicted molar refractivity (Wildman–Crippen MR) is 135 cm³/mol. The summed E-state index contributed by atoms with van der Waals surface area (Å²) in [5.41, 5.74) is 2.43. The van der Waals surface area contributed by atoms with Crippen LogP contribution in [0.1, 0.15) is 72.2 Å². The van der Waals surface area contributed by atoms with Crippen LogP contribution in [0.15, 0.2) is 18.3 Å². The van der Waals surface area contributed by atoms with Gasteiger partial charge in [0.05, 0.1) is 30.2 Å². The summed E-state index contributed by atoms with van der Waals surface area (Å²) >= 11 is 6.60. The van der Waals surface area contributed by atoms with Crippen molar-refractivity contribution in [3.05, 3.63) is 46.3 Å². The molecular formula is C24H27Br2N3O7. The zero-order valence-electron chi connectivity index (χ0n) is 20.5. The van der Waals surface area contributed by atoms with E-state index in [9.17, 15) is 19.5 Å². The molecule has 3 heterocycles. The first-order chi connectivity index (χ1) is 16.6. The lowest BCUT2D eigenvalue weighted by Gasteiger charge is -2.34. The molecule has 0 saturated carbocycles. The van der Waals surface area contributed by atoms with Gasteiger partial charge in [-0.2, -0.15) is 5.10 Å². The van der Waals surface area contributed by atoms with Crippen LogP contribution < -0.4 is 4.74 Å². The zero-order chi connectivity index (χ0) is 26.6. The molecule has 0 bridgehead atoms. The number of benzene rings is 1. The normalized spacial score (nSPS) is 18.0. The van der Waals surface area contributed by atoms with E-state index < -0.39 is 39.1 Å². The molecule has 194 valence electrons. The lowest BCUT2D eigenvalue weighted by Crippen LogP contribution is -2.40. The number of aromatic nitrogens is 2. The summed E-state index contributed by atoms with van der Waals surface area (Å²) in [7, 11) is 0. The van der Waals surface area contributed by atoms with E-state index in [4.69, 9.17) is 14.2 Å². The summed E-state index contributed by atoms with van der Waals surface area (Å²) in [4.78, 5) is 36.9. The fourth-order valence-corrected chi connectivity index (χ4v) is 4.94. The van der Waals surface area contributed by atoms with Gasteiger partial charge < -0.3 is 19.3 Å². The summed E-state index contributed by atoms with van der Waals surface area (Å²) in [6, 6.07) is 3.48. The minimum absolute atomic E-state index is 0.229. The quantitative estimate of drug-likeness (QED) is 0.372. The highest BCUT2D eigenvalue weighted by Crippen LogP contribution is 2.44. The molecule has 1 aromatic carbocycles. The summed E-state index contributed by atoms with van der Waals surface area (Å²) in [6.45, 7) is 9.66. The smallest absolute Gasteiger partial charge is 0.410 e. The number of carboxylic acids is 1. The van der Waals surface area contributed by atoms with Crippen molar-refractivity contribution in [1.82, 2.24) is 14.7 Å². The number of hydrogen-bond donors (Lipinski definition) is 1. The Morgan fingerprint density at radius 1 is 1.22 bits per heavy atom. The zero-order valence-corrected chi connectivity index (χ0v) is 23.7. The third-order valence-corrected chi connectivity index (χ3v) is 8.22. The van der Waals surface area contributed by atoms with E-state index in [1.165, 1.54) is 0 Å². The lowest BCUT2D eigenvalue weighted by molar-refractivity contribution is -0.136. The number of cyclic esters (lactones) is 1. The highest BCUT2D eigenvalue weighted by atomic mass is 79.9. The molecule has 2 atom stereocenters. The van der Waals surface area contributed by atoms with Crippen molar-refractivity contribution in [3.63, 3.8) is 0 Å². The van der Waals surface area contributed by atoms with Gasteiger partial charge in [0, 0.05) is 31.2 Å². The first-order valence-electron chi connectivity index (χ1n) is 11.3. The molecule has 12 heteroatoms. The van der Waals surface area contributed by atoms with Crippen molar-refractivity contribution in [3.8, 4) is 5.75 Å². The van der Waals surface area contributed by atoms with Crippen molar-refractivity contribution >= 4 is 49.9 Å². The Morgan fingerprint density at radius 3 is 2.53 bits per heavy atom. The molecule has 1 amide bonds. The second-order valence-electron chi connectivity index (χ2n) is 10.2. The molecule has 1 N–H and O–H groups in total. The van der Waals surface area contributed by atoms with Crippen LogP contribution in [0.5, 0.6) is 5.75 Å². The SMILES string of the molecule is CC(C)(C)OC(=O)N1Cc2cn(Cc3ccc(C(Br)C(Br)C(=O)O)c4c3C(=O)OC(C)(C)O4)nc2C1. The Morgan fingerprint density at radius 2 is 1.92 bits per heavy atom. The average Bonchev–Trinajstić information content (AvgIpc) is 3.29. The Labute approximate surface area is 225 Å². The van der Waals surface area contributed by atoms with Crippen LogP contribution in [0.4, 0.5) is 4.79 Å². The third kappa shape index (κ3) is 5.39. The third-order valence-electron chi connectivity index (χ3n) is 5.57. The van der Waals surface area contributed by atoms with E-state index in [2.05, 4.69) is 37.0 Å². The number of amides is 1. The molecule has 2 aliphatic heterocycles. The molecular weight excluding hydrogens is 602 g/mol. The molecule has 36 heavy (non-hydrogen) atoms. The van der Waals surface area contributed by atoms with E-state index >= 15 is 0 Å². The molecule has 0 aliphatic carbocycles. The van der Waals surface area contributed by atoms with Gasteiger partial charge in [0.15, 0.2) is 0 Å². The summed E-state index contributed by atoms with van der Waals surface area (Å²) in [5.74, 6) is -2.56. The van der Waals surface area contributed by atoms with E-state index in [0.717, 1.165) is 11.3 Å². The van der Waals surface area contributed by atoms with Crippen molar-refractivity contribution in [2.75, 3.05) is 0 Å². The van der Waals surface area contributed by atoms with Crippen LogP contribution in [0.25, 0.3) is 0 Å². The molecule has 10 nitrogen and oxygen atoms in total. The van der Waals surface area contributed by atoms with Crippen molar-refractivity contribution in [1.29, 1.82) is 0 Å². The standard InChI is InChI=1S/C24H27Br2N3O7/c1-23(2,3)36-22(33)28-8-13-10-29(27-15(13)11-28)9-12-6-7-14(17(25)18(26)20(30)31)19-16(12)21(32)35-24(4,5)34-19/h6-7,10,17-18H,8-9,11H2,1-5H3,(H,30,31). The highest BCUT2D eigenvalue weighted by molar-refractivity contribution is 9.12. The maximum atomic E-state index is 13.0. The average molecular weight is 629 g/mol. The number of carbonyl (C=O) groups excluding carboxylic acids is 2. The Bertz CT molecular complexity index is 1210. The van der Waals surface area contributed by atoms with Crippen LogP contribution in [0.3, 0.4) is 0 Å². The van der Waals surface area contributed by atoms with Gasteiger partial charge in [-0.15, -0.1) is 0 Å². The fourth-order valence-electron chi connectivity index (χ4n) is 4.07. The lowest BCUT2D eigenvalue weighted by atomic mass is 9.97. The van der Waals surface area contributed by atoms with Crippen LogP contribution in [0, 0.1) is 0 Å². The van der Waals surface area contributed by atoms with Crippen LogP contribution in [0.2, 0.25) is 0 Å². The first kappa shape index (κ1) is 26.5. The largest absolute Gasteiger partial charge is 0.480 e. The number of rotatable bonds is 5. The number of carboxylic acid groups (broad SMARTS) is 1. The number of ether oxygens (including phenoxy) is 3. The van der Waals surface area contributed by atoms with E-state index in [-0.39, 0.29) is 17.9 Å². The highest BCUT2D eigenvalue weighted by Gasteiger charge is 2.40. The van der Waals surface area contributed by atoms with Crippen LogP contribution >= 0.6 is 31.9 Å². The molecule has 4 rings (SSSR count). The van der Waals surface area contributed by atoms with Crippen molar-refractivity contribution in [2.45, 2.75) is 75.3 Å². The molecule has 2 aliphatic rings. The Balaban J connectivity index is 1.61. The number of halogens is 2. The van der Waals surface area contributed by atoms with Crippen LogP contribution in [-0.4, -0.2) is 54.0 Å². The number of carbonyl (C=O) groups is 3. The van der Waals surface area contributed by atoms with Gasteiger partial charge in [0.25, 0.3) is 0 Å². The van der Waals surface area contributed by atoms with Crippen LogP contribution in [-0.2, 0) is 33.9 Å². The van der Waals surface area contributed by atoms with E-state index in [1.54, 1.807) is 35.6 Å². The topological polar surface area (TPSA) is 120 Å². The first-order valence-corrected chi connectivity index (χ1v) is 13.1. The Hall–Kier alpha value is -2.60. The molecule has 0 fully saturated rings. The summed E-state index contributed by atoms with van der Waals surface area (Å²) < 4.78 is 18.6. The van der Waals surface area contributed by atoms with Gasteiger partial charge >= 0.3 is 18.0 Å². The van der Waals surface area contributed by atoms with Gasteiger partial charge in [-0.05, 0) is 26.3 Å². The van der Waals surface area contributed by atoms with E-state index in [1.807, 2.05) is 27.0 Å². The fraction of sp³-hybridized carbons (Fsp3) is 0.500. The van der Waals surface area contributed by atoms with Gasteiger partial charge in [0.2, 0.25) is 5.79 Å². The van der Waals surface area contributed by atoms with Gasteiger partial charge in [0.1, 0.15) is 21.7 Å². The van der Waals surface area contributed by atoms with Crippen molar-refractivity contribution in [2.24, 2.45) is 0 Å². The molecule has 1 aromatic heterocycles. The second kappa shape index (κ2) is 9.37. The minimum Gasteiger partial charge on any atom is -0.480 e. The monoisotopic (exact) mass is 627 g/mol. The minimum atomic E-state index is -1.22. The number of fused-ring (bicyclic) bond motifs is 2. The number of nitrogens with zero attached hydrogens (tertiary/aromatic N) is 3. The van der Waals surface area contributed by atoms with Gasteiger partial charge in [-0.3, -0.25) is 14.4 Å².